The molecule has 94 valence electrons. The van der Waals surface area contributed by atoms with Crippen LogP contribution in [-0.4, -0.2) is 12.1 Å². The van der Waals surface area contributed by atoms with E-state index in [1.807, 2.05) is 0 Å². The minimum absolute atomic E-state index is 0.00788. The van der Waals surface area contributed by atoms with E-state index in [1.165, 1.54) is 16.7 Å². The Morgan fingerprint density at radius 1 is 1.28 bits per heavy atom. The molecule has 1 saturated heterocycles. The van der Waals surface area contributed by atoms with Crippen LogP contribution in [0.25, 0.3) is 5.57 Å². The molecular weight excluding hydrogens is 224 g/mol. The summed E-state index contributed by atoms with van der Waals surface area (Å²) < 4.78 is 5.56. The van der Waals surface area contributed by atoms with Crippen LogP contribution in [0, 0.1) is 12.3 Å². The first-order chi connectivity index (χ1) is 8.58. The molecule has 2 aliphatic rings. The summed E-state index contributed by atoms with van der Waals surface area (Å²) in [4.78, 5) is 11.6. The van der Waals surface area contributed by atoms with Crippen molar-refractivity contribution in [3.63, 3.8) is 0 Å². The molecule has 3 rings (SSSR count). The number of rotatable bonds is 1. The summed E-state index contributed by atoms with van der Waals surface area (Å²) in [5, 5.41) is 0. The molecule has 0 N–H and O–H groups in total. The smallest absolute Gasteiger partial charge is 0.307 e. The van der Waals surface area contributed by atoms with Crippen molar-refractivity contribution in [1.82, 2.24) is 0 Å². The second-order valence-electron chi connectivity index (χ2n) is 5.76. The largest absolute Gasteiger partial charge is 0.457 e. The van der Waals surface area contributed by atoms with E-state index < -0.39 is 0 Å². The summed E-state index contributed by atoms with van der Waals surface area (Å²) >= 11 is 0. The SMILES string of the molecule is Cc1ccc(C2=CCC[C@@]3(C)CC(=O)O[C@@H]23)cc1. The fourth-order valence-corrected chi connectivity index (χ4v) is 3.08. The van der Waals surface area contributed by atoms with E-state index in [-0.39, 0.29) is 17.5 Å². The van der Waals surface area contributed by atoms with Crippen LogP contribution in [0.1, 0.15) is 37.3 Å². The lowest BCUT2D eigenvalue weighted by atomic mass is 9.71. The van der Waals surface area contributed by atoms with E-state index in [2.05, 4.69) is 44.2 Å². The van der Waals surface area contributed by atoms with Gasteiger partial charge in [0.25, 0.3) is 0 Å². The average Bonchev–Trinajstić information content (AvgIpc) is 2.64. The molecule has 0 aromatic heterocycles. The van der Waals surface area contributed by atoms with Crippen LogP contribution in [0.4, 0.5) is 0 Å². The molecule has 1 aliphatic carbocycles. The third kappa shape index (κ3) is 1.76. The first kappa shape index (κ1) is 11.5. The quantitative estimate of drug-likeness (QED) is 0.705. The summed E-state index contributed by atoms with van der Waals surface area (Å²) in [7, 11) is 0. The number of hydrogen-bond acceptors (Lipinski definition) is 2. The van der Waals surface area contributed by atoms with Crippen LogP contribution in [0.15, 0.2) is 30.3 Å². The number of carbonyl (C=O) groups is 1. The zero-order valence-electron chi connectivity index (χ0n) is 10.9. The molecule has 2 nitrogen and oxygen atoms in total. The Morgan fingerprint density at radius 3 is 2.72 bits per heavy atom. The Morgan fingerprint density at radius 2 is 2.00 bits per heavy atom. The summed E-state index contributed by atoms with van der Waals surface area (Å²) in [6.07, 6.45) is 4.81. The van der Waals surface area contributed by atoms with E-state index >= 15 is 0 Å². The Kier molecular flexibility index (Phi) is 2.54. The number of ether oxygens (including phenoxy) is 1. The lowest BCUT2D eigenvalue weighted by molar-refractivity contribution is -0.139. The van der Waals surface area contributed by atoms with Crippen LogP contribution < -0.4 is 0 Å². The lowest BCUT2D eigenvalue weighted by Crippen LogP contribution is -2.31. The molecule has 0 radical (unpaired) electrons. The Hall–Kier alpha value is -1.57. The van der Waals surface area contributed by atoms with Gasteiger partial charge >= 0.3 is 5.97 Å². The van der Waals surface area contributed by atoms with Gasteiger partial charge in [-0.2, -0.15) is 0 Å². The Bertz CT molecular complexity index is 512. The van der Waals surface area contributed by atoms with Gasteiger partial charge in [0, 0.05) is 5.41 Å². The predicted molar refractivity (Wildman–Crippen MR) is 71.0 cm³/mol. The van der Waals surface area contributed by atoms with Crippen molar-refractivity contribution in [2.75, 3.05) is 0 Å². The molecule has 0 bridgehead atoms. The van der Waals surface area contributed by atoms with Gasteiger partial charge in [0.1, 0.15) is 6.10 Å². The van der Waals surface area contributed by atoms with Crippen LogP contribution in [0.5, 0.6) is 0 Å². The molecule has 18 heavy (non-hydrogen) atoms. The normalized spacial score (nSPS) is 30.7. The molecule has 0 saturated carbocycles. The molecule has 2 atom stereocenters. The first-order valence-electron chi connectivity index (χ1n) is 6.55. The summed E-state index contributed by atoms with van der Waals surface area (Å²) in [5.74, 6) is -0.0533. The maximum Gasteiger partial charge on any atom is 0.307 e. The van der Waals surface area contributed by atoms with Crippen LogP contribution in [-0.2, 0) is 9.53 Å². The molecule has 2 heteroatoms. The monoisotopic (exact) mass is 242 g/mol. The molecular formula is C16H18O2. The zero-order chi connectivity index (χ0) is 12.8. The maximum atomic E-state index is 11.6. The topological polar surface area (TPSA) is 26.3 Å². The van der Waals surface area contributed by atoms with Gasteiger partial charge in [-0.05, 0) is 30.9 Å². The molecule has 0 amide bonds. The van der Waals surface area contributed by atoms with Gasteiger partial charge in [0.2, 0.25) is 0 Å². The van der Waals surface area contributed by atoms with Crippen molar-refractivity contribution >= 4 is 11.5 Å². The number of esters is 1. The highest BCUT2D eigenvalue weighted by Crippen LogP contribution is 2.48. The van der Waals surface area contributed by atoms with E-state index in [4.69, 9.17) is 4.74 Å². The second-order valence-corrected chi connectivity index (χ2v) is 5.76. The van der Waals surface area contributed by atoms with Crippen LogP contribution >= 0.6 is 0 Å². The number of aryl methyl sites for hydroxylation is 1. The average molecular weight is 242 g/mol. The van der Waals surface area contributed by atoms with Crippen molar-refractivity contribution in [2.24, 2.45) is 5.41 Å². The lowest BCUT2D eigenvalue weighted by Gasteiger charge is -2.34. The van der Waals surface area contributed by atoms with Gasteiger partial charge in [-0.25, -0.2) is 0 Å². The second kappa shape index (κ2) is 3.98. The van der Waals surface area contributed by atoms with Gasteiger partial charge in [-0.3, -0.25) is 4.79 Å². The summed E-state index contributed by atoms with van der Waals surface area (Å²) in [5.41, 5.74) is 3.62. The van der Waals surface area contributed by atoms with Crippen LogP contribution in [0.3, 0.4) is 0 Å². The number of fused-ring (bicyclic) bond motifs is 1. The highest BCUT2D eigenvalue weighted by Gasteiger charge is 2.48. The van der Waals surface area contributed by atoms with Gasteiger partial charge in [-0.15, -0.1) is 0 Å². The highest BCUT2D eigenvalue weighted by molar-refractivity contribution is 5.80. The predicted octanol–water partition coefficient (Wildman–Crippen LogP) is 3.49. The Balaban J connectivity index is 1.99. The van der Waals surface area contributed by atoms with Crippen molar-refractivity contribution in [2.45, 2.75) is 39.2 Å². The summed E-state index contributed by atoms with van der Waals surface area (Å²) in [6.45, 7) is 4.25. The number of benzene rings is 1. The molecule has 0 spiro atoms. The van der Waals surface area contributed by atoms with E-state index in [0.29, 0.717) is 6.42 Å². The number of allylic oxidation sites excluding steroid dienone is 1. The third-order valence-corrected chi connectivity index (χ3v) is 4.18. The molecule has 0 unspecified atom stereocenters. The number of carbonyl (C=O) groups excluding carboxylic acids is 1. The summed E-state index contributed by atoms with van der Waals surface area (Å²) in [6, 6.07) is 8.47. The van der Waals surface area contributed by atoms with E-state index in [9.17, 15) is 4.79 Å². The van der Waals surface area contributed by atoms with Gasteiger partial charge < -0.3 is 4.74 Å². The fourth-order valence-electron chi connectivity index (χ4n) is 3.08. The highest BCUT2D eigenvalue weighted by atomic mass is 16.6. The zero-order valence-corrected chi connectivity index (χ0v) is 10.9. The Labute approximate surface area is 108 Å². The van der Waals surface area contributed by atoms with Crippen molar-refractivity contribution in [3.05, 3.63) is 41.5 Å². The van der Waals surface area contributed by atoms with E-state index in [0.717, 1.165) is 12.8 Å². The van der Waals surface area contributed by atoms with Crippen LogP contribution in [0.2, 0.25) is 0 Å². The molecule has 1 aromatic carbocycles. The maximum absolute atomic E-state index is 11.6. The molecule has 1 fully saturated rings. The van der Waals surface area contributed by atoms with E-state index in [1.54, 1.807) is 0 Å². The van der Waals surface area contributed by atoms with Crippen molar-refractivity contribution in [1.29, 1.82) is 0 Å². The minimum atomic E-state index is -0.0542. The molecule has 1 aliphatic heterocycles. The van der Waals surface area contributed by atoms with Crippen molar-refractivity contribution in [3.8, 4) is 0 Å². The van der Waals surface area contributed by atoms with Gasteiger partial charge in [0.05, 0.1) is 6.42 Å². The fraction of sp³-hybridized carbons (Fsp3) is 0.438. The number of hydrogen-bond donors (Lipinski definition) is 0. The third-order valence-electron chi connectivity index (χ3n) is 4.18. The molecule has 1 aromatic rings. The first-order valence-corrected chi connectivity index (χ1v) is 6.55. The molecule has 1 heterocycles. The van der Waals surface area contributed by atoms with Crippen molar-refractivity contribution < 1.29 is 9.53 Å². The van der Waals surface area contributed by atoms with Gasteiger partial charge in [0.15, 0.2) is 0 Å². The van der Waals surface area contributed by atoms with Gasteiger partial charge in [-0.1, -0.05) is 42.8 Å². The minimum Gasteiger partial charge on any atom is -0.457 e. The standard InChI is InChI=1S/C16H18O2/c1-11-5-7-12(8-6-11)13-4-3-9-16(2)10-14(17)18-15(13)16/h4-8,15H,3,9-10H2,1-2H3/t15-,16-/m0/s1.